The third-order valence-electron chi connectivity index (χ3n) is 0. The van der Waals surface area contributed by atoms with Crippen LogP contribution in [0.25, 0.3) is 0 Å². The monoisotopic (exact) mass is 540 g/mol. The summed E-state index contributed by atoms with van der Waals surface area (Å²) >= 11 is 0. The largest absolute Gasteiger partial charge is 7.00 e. The number of rotatable bonds is 0. The Morgan fingerprint density at radius 1 is 0.273 bits per heavy atom. The first-order chi connectivity index (χ1) is 0. The van der Waals surface area contributed by atoms with Crippen LogP contribution in [-0.4, -0.2) is 34.7 Å². The summed E-state index contributed by atoms with van der Waals surface area (Å²) in [4.78, 5) is 0. The third-order valence-corrected chi connectivity index (χ3v) is 0. The van der Waals surface area contributed by atoms with Gasteiger partial charge in [0.15, 0.2) is 0 Å². The fourth-order valence-corrected chi connectivity index (χ4v) is 0. The molecule has 0 N–H and O–H groups in total. The first-order valence-electron chi connectivity index (χ1n) is 0. The summed E-state index contributed by atoms with van der Waals surface area (Å²) in [5.74, 6) is 0. The smallest absolute Gasteiger partial charge is 2.00 e. The van der Waals surface area contributed by atoms with E-state index in [0.717, 1.165) is 0 Å². The van der Waals surface area contributed by atoms with Crippen molar-refractivity contribution in [3.63, 3.8) is 0 Å². The van der Waals surface area contributed by atoms with Crippen LogP contribution in [0.3, 0.4) is 0 Å². The average Bonchev–Trinajstić information content (AvgIpc) is 0. The molecular formula is Al2O7Re2. The maximum atomic E-state index is 0. The van der Waals surface area contributed by atoms with Gasteiger partial charge in [-0.1, -0.05) is 0 Å². The Morgan fingerprint density at radius 3 is 0.273 bits per heavy atom. The first kappa shape index (κ1) is 432. The Bertz CT molecular complexity index is 14.4. The molecule has 0 aliphatic rings. The summed E-state index contributed by atoms with van der Waals surface area (Å²) in [6.45, 7) is 0. The molecular weight excluding hydrogens is 538 g/mol. The Balaban J connectivity index is 0. The molecule has 0 aliphatic heterocycles. The molecule has 7 nitrogen and oxygen atoms in total. The van der Waals surface area contributed by atoms with Crippen molar-refractivity contribution in [3.8, 4) is 0 Å². The Kier molecular flexibility index (Phi) is 13200. The molecule has 0 fully saturated rings. The number of hydrogen-bond donors (Lipinski definition) is 0. The predicted octanol–water partition coefficient (Wildman–Crippen LogP) is -1.60. The molecule has 0 aromatic rings. The molecule has 11 heavy (non-hydrogen) atoms. The van der Waals surface area contributed by atoms with Gasteiger partial charge in [0.25, 0.3) is 0 Å². The minimum Gasteiger partial charge on any atom is -2.00 e. The van der Waals surface area contributed by atoms with E-state index >= 15 is 0 Å². The van der Waals surface area contributed by atoms with Gasteiger partial charge < -0.3 is 38.3 Å². The molecule has 0 aliphatic carbocycles. The van der Waals surface area contributed by atoms with E-state index < -0.39 is 0 Å². The standard InChI is InChI=1S/2Al.7O.2Re/q;;7*-2;2*+7. The van der Waals surface area contributed by atoms with Crippen molar-refractivity contribution in [2.75, 3.05) is 0 Å². The van der Waals surface area contributed by atoms with Crippen LogP contribution < -0.4 is 0 Å². The zero-order chi connectivity index (χ0) is 0. The topological polar surface area (TPSA) is 200 Å². The first-order valence-corrected chi connectivity index (χ1v) is 0. The molecule has 0 saturated carbocycles. The van der Waals surface area contributed by atoms with E-state index in [-0.39, 0.29) is 114 Å². The van der Waals surface area contributed by atoms with Crippen LogP contribution in [0.5, 0.6) is 0 Å². The molecule has 0 unspecified atom stereocenters. The fraction of sp³-hybridized carbons (Fsp3) is 0. The number of hydrogen-bond acceptors (Lipinski definition) is 0. The van der Waals surface area contributed by atoms with Gasteiger partial charge in [-0.05, 0) is 0 Å². The van der Waals surface area contributed by atoms with Crippen molar-refractivity contribution in [2.45, 2.75) is 0 Å². The summed E-state index contributed by atoms with van der Waals surface area (Å²) in [5.41, 5.74) is 0. The zero-order valence-corrected chi connectivity index (χ0v) is 12.5. The van der Waals surface area contributed by atoms with Gasteiger partial charge >= 0.3 is 40.8 Å². The van der Waals surface area contributed by atoms with E-state index in [1.165, 1.54) is 0 Å². The maximum Gasteiger partial charge on any atom is 7.00 e. The summed E-state index contributed by atoms with van der Waals surface area (Å²) in [5, 5.41) is 0. The van der Waals surface area contributed by atoms with E-state index in [0.29, 0.717) is 0 Å². The second kappa shape index (κ2) is 336. The van der Waals surface area contributed by atoms with Crippen LogP contribution in [0.15, 0.2) is 0 Å². The van der Waals surface area contributed by atoms with Crippen LogP contribution in [0, 0.1) is 0 Å². The summed E-state index contributed by atoms with van der Waals surface area (Å²) < 4.78 is 0. The van der Waals surface area contributed by atoms with Crippen molar-refractivity contribution in [3.05, 3.63) is 0 Å². The van der Waals surface area contributed by atoms with Crippen LogP contribution in [0.4, 0.5) is 0 Å². The predicted molar refractivity (Wildman–Crippen MR) is 16.3 cm³/mol. The van der Waals surface area contributed by atoms with E-state index in [1.807, 2.05) is 0 Å². The minimum absolute atomic E-state index is 0. The molecule has 0 amide bonds. The quantitative estimate of drug-likeness (QED) is 0.320. The molecule has 0 aromatic heterocycles. The van der Waals surface area contributed by atoms with Crippen molar-refractivity contribution in [2.24, 2.45) is 0 Å². The van der Waals surface area contributed by atoms with E-state index in [1.54, 1.807) is 0 Å². The van der Waals surface area contributed by atoms with E-state index in [4.69, 9.17) is 0 Å². The Morgan fingerprint density at radius 2 is 0.273 bits per heavy atom. The van der Waals surface area contributed by atoms with Gasteiger partial charge in [0.1, 0.15) is 0 Å². The molecule has 62 valence electrons. The van der Waals surface area contributed by atoms with Crippen LogP contribution in [0.2, 0.25) is 0 Å². The van der Waals surface area contributed by atoms with Gasteiger partial charge in [-0.2, -0.15) is 0 Å². The maximum absolute atomic E-state index is 0. The third kappa shape index (κ3) is 278. The van der Waals surface area contributed by atoms with Crippen LogP contribution in [-0.2, 0) is 79.2 Å². The molecule has 6 radical (unpaired) electrons. The Labute approximate surface area is 113 Å². The van der Waals surface area contributed by atoms with Crippen molar-refractivity contribution >= 4 is 34.7 Å². The van der Waals surface area contributed by atoms with Gasteiger partial charge in [-0.25, -0.2) is 0 Å². The fourth-order valence-electron chi connectivity index (χ4n) is 0. The van der Waals surface area contributed by atoms with Gasteiger partial charge in [-0.15, -0.1) is 0 Å². The van der Waals surface area contributed by atoms with Gasteiger partial charge in [0.2, 0.25) is 0 Å². The molecule has 0 spiro atoms. The van der Waals surface area contributed by atoms with Crippen molar-refractivity contribution in [1.29, 1.82) is 0 Å². The summed E-state index contributed by atoms with van der Waals surface area (Å²) in [7, 11) is 0. The molecule has 0 bridgehead atoms. The van der Waals surface area contributed by atoms with Crippen molar-refractivity contribution < 1.29 is 79.2 Å². The molecule has 0 heterocycles. The normalized spacial score (nSPS) is 0. The van der Waals surface area contributed by atoms with Crippen LogP contribution in [0.1, 0.15) is 0 Å². The molecule has 0 saturated heterocycles. The van der Waals surface area contributed by atoms with Crippen LogP contribution >= 0.6 is 0 Å². The van der Waals surface area contributed by atoms with Gasteiger partial charge in [0.05, 0.1) is 0 Å². The minimum atomic E-state index is 0. The molecule has 0 atom stereocenters. The Hall–Kier alpha value is 2.11. The summed E-state index contributed by atoms with van der Waals surface area (Å²) in [6.07, 6.45) is 0. The second-order valence-electron chi connectivity index (χ2n) is 0. The molecule has 0 rings (SSSR count). The van der Waals surface area contributed by atoms with Gasteiger partial charge in [-0.3, -0.25) is 0 Å². The van der Waals surface area contributed by atoms with E-state index in [9.17, 15) is 0 Å². The molecule has 11 heteroatoms. The van der Waals surface area contributed by atoms with Gasteiger partial charge in [0, 0.05) is 34.7 Å². The second-order valence-corrected chi connectivity index (χ2v) is 0. The SMILES string of the molecule is [Al].[Al].[O-2].[O-2].[O-2].[O-2].[O-2].[O-2].[O-2].[Re+7].[Re+7]. The zero-order valence-electron chi connectivity index (χ0n) is 4.77. The molecule has 0 aromatic carbocycles. The van der Waals surface area contributed by atoms with E-state index in [2.05, 4.69) is 0 Å². The summed E-state index contributed by atoms with van der Waals surface area (Å²) in [6, 6.07) is 0. The van der Waals surface area contributed by atoms with Crippen molar-refractivity contribution in [1.82, 2.24) is 0 Å². The average molecular weight is 538 g/mol.